The van der Waals surface area contributed by atoms with Crippen molar-refractivity contribution in [3.63, 3.8) is 0 Å². The van der Waals surface area contributed by atoms with E-state index in [4.69, 9.17) is 15.9 Å². The van der Waals surface area contributed by atoms with Crippen molar-refractivity contribution in [3.8, 4) is 5.75 Å². The second-order valence-electron chi connectivity index (χ2n) is 4.03. The number of ether oxygens (including phenoxy) is 1. The Morgan fingerprint density at radius 1 is 1.30 bits per heavy atom. The molecule has 1 aromatic rings. The molecule has 0 atom stereocenters. The molecule has 4 N–H and O–H groups in total. The van der Waals surface area contributed by atoms with Crippen LogP contribution in [0.3, 0.4) is 0 Å². The summed E-state index contributed by atoms with van der Waals surface area (Å²) in [5, 5.41) is 7.05. The number of nitrogens with two attached hydrogens (primary N) is 1. The lowest BCUT2D eigenvalue weighted by Crippen LogP contribution is -2.35. The third-order valence-electron chi connectivity index (χ3n) is 2.54. The Hall–Kier alpha value is -1.80. The maximum atomic E-state index is 12.0. The number of amidine groups is 1. The number of nitrogens with one attached hydrogen (secondary N) is 2. The Bertz CT molecular complexity index is 538. The van der Waals surface area contributed by atoms with E-state index < -0.39 is 10.2 Å². The molecule has 0 aromatic heterocycles. The quantitative estimate of drug-likeness (QED) is 0.491. The molecular weight excluding hydrogens is 280 g/mol. The average Bonchev–Trinajstić information content (AvgIpc) is 2.38. The number of anilines is 1. The lowest BCUT2D eigenvalue weighted by atomic mass is 10.3. The van der Waals surface area contributed by atoms with Crippen molar-refractivity contribution in [2.75, 3.05) is 24.4 Å². The van der Waals surface area contributed by atoms with Crippen molar-refractivity contribution >= 4 is 21.7 Å². The molecule has 112 valence electrons. The van der Waals surface area contributed by atoms with Gasteiger partial charge in [0.05, 0.1) is 5.69 Å². The fourth-order valence-corrected chi connectivity index (χ4v) is 2.80. The van der Waals surface area contributed by atoms with Crippen LogP contribution < -0.4 is 15.2 Å². The SMILES string of the molecule is CCN(CC)S(=O)(=O)Nc1ccc(OCC(=N)N)cc1. The minimum absolute atomic E-state index is 0.00449. The smallest absolute Gasteiger partial charge is 0.301 e. The van der Waals surface area contributed by atoms with Crippen LogP contribution in [0, 0.1) is 5.41 Å². The van der Waals surface area contributed by atoms with Crippen LogP contribution in [0.2, 0.25) is 0 Å². The van der Waals surface area contributed by atoms with E-state index in [2.05, 4.69) is 4.72 Å². The molecule has 0 saturated carbocycles. The van der Waals surface area contributed by atoms with Gasteiger partial charge in [0, 0.05) is 13.1 Å². The van der Waals surface area contributed by atoms with Gasteiger partial charge in [-0.15, -0.1) is 0 Å². The highest BCUT2D eigenvalue weighted by molar-refractivity contribution is 7.90. The van der Waals surface area contributed by atoms with Crippen LogP contribution >= 0.6 is 0 Å². The molecular formula is C12H20N4O3S. The first-order chi connectivity index (χ1) is 9.39. The molecule has 0 spiro atoms. The first kappa shape index (κ1) is 16.3. The van der Waals surface area contributed by atoms with Gasteiger partial charge in [-0.2, -0.15) is 12.7 Å². The van der Waals surface area contributed by atoms with E-state index >= 15 is 0 Å². The van der Waals surface area contributed by atoms with Gasteiger partial charge in [-0.25, -0.2) is 0 Å². The molecule has 0 radical (unpaired) electrons. The van der Waals surface area contributed by atoms with Crippen molar-refractivity contribution in [1.29, 1.82) is 5.41 Å². The number of nitrogens with zero attached hydrogens (tertiary/aromatic N) is 1. The van der Waals surface area contributed by atoms with Crippen molar-refractivity contribution in [2.24, 2.45) is 5.73 Å². The number of benzene rings is 1. The molecule has 0 aliphatic heterocycles. The summed E-state index contributed by atoms with van der Waals surface area (Å²) in [5.74, 6) is 0.447. The molecule has 0 bridgehead atoms. The van der Waals surface area contributed by atoms with Crippen LogP contribution in [-0.4, -0.2) is 38.3 Å². The summed E-state index contributed by atoms with van der Waals surface area (Å²) in [6.07, 6.45) is 0. The first-order valence-electron chi connectivity index (χ1n) is 6.22. The zero-order valence-electron chi connectivity index (χ0n) is 11.6. The lowest BCUT2D eigenvalue weighted by molar-refractivity contribution is 0.374. The van der Waals surface area contributed by atoms with Crippen LogP contribution in [0.4, 0.5) is 5.69 Å². The molecule has 7 nitrogen and oxygen atoms in total. The van der Waals surface area contributed by atoms with Gasteiger partial charge in [-0.3, -0.25) is 10.1 Å². The van der Waals surface area contributed by atoms with E-state index in [0.717, 1.165) is 0 Å². The van der Waals surface area contributed by atoms with Gasteiger partial charge in [0.25, 0.3) is 0 Å². The normalized spacial score (nSPS) is 11.3. The Morgan fingerprint density at radius 2 is 1.85 bits per heavy atom. The summed E-state index contributed by atoms with van der Waals surface area (Å²) in [6.45, 7) is 4.38. The van der Waals surface area contributed by atoms with E-state index in [9.17, 15) is 8.42 Å². The zero-order chi connectivity index (χ0) is 15.2. The Labute approximate surface area is 119 Å². The van der Waals surface area contributed by atoms with Gasteiger partial charge in [0.15, 0.2) is 0 Å². The van der Waals surface area contributed by atoms with E-state index in [1.54, 1.807) is 38.1 Å². The molecule has 20 heavy (non-hydrogen) atoms. The third-order valence-corrected chi connectivity index (χ3v) is 4.23. The second-order valence-corrected chi connectivity index (χ2v) is 5.70. The van der Waals surface area contributed by atoms with Gasteiger partial charge in [0.1, 0.15) is 18.2 Å². The second kappa shape index (κ2) is 7.11. The van der Waals surface area contributed by atoms with Crippen molar-refractivity contribution in [2.45, 2.75) is 13.8 Å². The number of hydrogen-bond acceptors (Lipinski definition) is 4. The largest absolute Gasteiger partial charge is 0.486 e. The van der Waals surface area contributed by atoms with E-state index in [0.29, 0.717) is 24.5 Å². The highest BCUT2D eigenvalue weighted by atomic mass is 32.2. The molecule has 8 heteroatoms. The number of hydrogen-bond donors (Lipinski definition) is 3. The van der Waals surface area contributed by atoms with E-state index in [1.807, 2.05) is 0 Å². The molecule has 0 aliphatic carbocycles. The predicted octanol–water partition coefficient (Wildman–Crippen LogP) is 1.000. The molecule has 0 aliphatic rings. The molecule has 0 amide bonds. The molecule has 0 fully saturated rings. The molecule has 0 saturated heterocycles. The van der Waals surface area contributed by atoms with Crippen molar-refractivity contribution in [1.82, 2.24) is 4.31 Å². The zero-order valence-corrected chi connectivity index (χ0v) is 12.4. The van der Waals surface area contributed by atoms with E-state index in [1.165, 1.54) is 4.31 Å². The Balaban J connectivity index is 2.72. The molecule has 0 unspecified atom stereocenters. The summed E-state index contributed by atoms with van der Waals surface area (Å²) in [7, 11) is -3.53. The highest BCUT2D eigenvalue weighted by Gasteiger charge is 2.18. The molecule has 0 heterocycles. The average molecular weight is 300 g/mol. The Morgan fingerprint density at radius 3 is 2.30 bits per heavy atom. The van der Waals surface area contributed by atoms with Crippen LogP contribution in [0.15, 0.2) is 24.3 Å². The van der Waals surface area contributed by atoms with Crippen molar-refractivity contribution in [3.05, 3.63) is 24.3 Å². The minimum atomic E-state index is -3.53. The van der Waals surface area contributed by atoms with Gasteiger partial charge in [-0.05, 0) is 24.3 Å². The predicted molar refractivity (Wildman–Crippen MR) is 79.3 cm³/mol. The first-order valence-corrected chi connectivity index (χ1v) is 7.66. The van der Waals surface area contributed by atoms with Crippen LogP contribution in [-0.2, 0) is 10.2 Å². The Kier molecular flexibility index (Phi) is 5.78. The van der Waals surface area contributed by atoms with Gasteiger partial charge < -0.3 is 10.5 Å². The van der Waals surface area contributed by atoms with Crippen LogP contribution in [0.5, 0.6) is 5.75 Å². The van der Waals surface area contributed by atoms with Crippen LogP contribution in [0.1, 0.15) is 13.8 Å². The maximum absolute atomic E-state index is 12.0. The standard InChI is InChI=1S/C12H20N4O3S/c1-3-16(4-2)20(17,18)15-10-5-7-11(8-6-10)19-9-12(13)14/h5-8,15H,3-4,9H2,1-2H3,(H3,13,14). The molecule has 1 rings (SSSR count). The minimum Gasteiger partial charge on any atom is -0.486 e. The van der Waals surface area contributed by atoms with Gasteiger partial charge in [-0.1, -0.05) is 13.8 Å². The summed E-state index contributed by atoms with van der Waals surface area (Å²) in [4.78, 5) is 0. The summed E-state index contributed by atoms with van der Waals surface area (Å²) < 4.78 is 33.0. The molecule has 1 aromatic carbocycles. The van der Waals surface area contributed by atoms with E-state index in [-0.39, 0.29) is 12.4 Å². The monoisotopic (exact) mass is 300 g/mol. The lowest BCUT2D eigenvalue weighted by Gasteiger charge is -2.19. The van der Waals surface area contributed by atoms with Gasteiger partial charge in [0.2, 0.25) is 0 Å². The fraction of sp³-hybridized carbons (Fsp3) is 0.417. The third kappa shape index (κ3) is 4.71. The number of rotatable bonds is 8. The summed E-state index contributed by atoms with van der Waals surface area (Å²) in [5.41, 5.74) is 5.63. The maximum Gasteiger partial charge on any atom is 0.301 e. The van der Waals surface area contributed by atoms with Crippen LogP contribution in [0.25, 0.3) is 0 Å². The summed E-state index contributed by atoms with van der Waals surface area (Å²) in [6, 6.07) is 6.42. The fourth-order valence-electron chi connectivity index (χ4n) is 1.56. The van der Waals surface area contributed by atoms with Crippen molar-refractivity contribution < 1.29 is 13.2 Å². The highest BCUT2D eigenvalue weighted by Crippen LogP contribution is 2.17. The van der Waals surface area contributed by atoms with Gasteiger partial charge >= 0.3 is 10.2 Å². The topological polar surface area (TPSA) is 109 Å². The summed E-state index contributed by atoms with van der Waals surface area (Å²) >= 11 is 0.